The zero-order valence-electron chi connectivity index (χ0n) is 15.5. The molecule has 0 saturated heterocycles. The fourth-order valence-electron chi connectivity index (χ4n) is 3.03. The van der Waals surface area contributed by atoms with Gasteiger partial charge in [-0.1, -0.05) is 36.4 Å². The molecule has 0 aliphatic carbocycles. The van der Waals surface area contributed by atoms with Crippen LogP contribution in [0.1, 0.15) is 16.1 Å². The highest BCUT2D eigenvalue weighted by molar-refractivity contribution is 6.01. The summed E-state index contributed by atoms with van der Waals surface area (Å²) in [4.78, 5) is 23.0. The van der Waals surface area contributed by atoms with Crippen molar-refractivity contribution in [3.8, 4) is 17.1 Å². The molecule has 3 aromatic carbocycles. The lowest BCUT2D eigenvalue weighted by Gasteiger charge is -2.05. The number of nitrogens with zero attached hydrogens (tertiary/aromatic N) is 2. The van der Waals surface area contributed by atoms with E-state index < -0.39 is 10.8 Å². The zero-order valence-corrected chi connectivity index (χ0v) is 15.5. The van der Waals surface area contributed by atoms with Gasteiger partial charge in [-0.15, -0.1) is 0 Å². The Labute approximate surface area is 170 Å². The number of nitro benzene ring substituents is 1. The Morgan fingerprint density at radius 2 is 1.73 bits per heavy atom. The van der Waals surface area contributed by atoms with E-state index in [-0.39, 0.29) is 17.0 Å². The fraction of sp³-hybridized carbons (Fsp3) is 0. The third-order valence-corrected chi connectivity index (χ3v) is 4.46. The first kappa shape index (κ1) is 18.9. The van der Waals surface area contributed by atoms with Gasteiger partial charge in [-0.25, -0.2) is 5.43 Å². The summed E-state index contributed by atoms with van der Waals surface area (Å²) in [6.45, 7) is 0. The van der Waals surface area contributed by atoms with Gasteiger partial charge in [-0.3, -0.25) is 14.9 Å². The van der Waals surface area contributed by atoms with Crippen LogP contribution < -0.4 is 5.43 Å². The van der Waals surface area contributed by atoms with Gasteiger partial charge in [-0.2, -0.15) is 5.10 Å². The lowest BCUT2D eigenvalue weighted by molar-refractivity contribution is -0.384. The minimum atomic E-state index is -0.583. The average molecular weight is 401 g/mol. The smallest absolute Gasteiger partial charge is 0.280 e. The highest BCUT2D eigenvalue weighted by atomic mass is 16.6. The topological polar surface area (TPSA) is 118 Å². The first-order valence-corrected chi connectivity index (χ1v) is 8.92. The van der Waals surface area contributed by atoms with Crippen molar-refractivity contribution < 1.29 is 19.2 Å². The van der Waals surface area contributed by atoms with Crippen molar-refractivity contribution in [2.45, 2.75) is 0 Å². The van der Waals surface area contributed by atoms with Gasteiger partial charge < -0.3 is 9.52 Å². The Kier molecular flexibility index (Phi) is 4.96. The number of nitrogens with one attached hydrogen (secondary N) is 1. The Morgan fingerprint density at radius 1 is 1.03 bits per heavy atom. The molecule has 1 aromatic heterocycles. The molecule has 0 saturated carbocycles. The number of furan rings is 1. The average Bonchev–Trinajstić information content (AvgIpc) is 3.22. The van der Waals surface area contributed by atoms with Crippen molar-refractivity contribution >= 4 is 28.6 Å². The first-order chi connectivity index (χ1) is 14.5. The molecule has 148 valence electrons. The van der Waals surface area contributed by atoms with E-state index in [1.54, 1.807) is 36.4 Å². The van der Waals surface area contributed by atoms with Crippen LogP contribution in [0.5, 0.6) is 5.75 Å². The zero-order chi connectivity index (χ0) is 21.1. The van der Waals surface area contributed by atoms with Gasteiger partial charge in [0.15, 0.2) is 0 Å². The van der Waals surface area contributed by atoms with Crippen LogP contribution in [-0.4, -0.2) is 22.2 Å². The summed E-state index contributed by atoms with van der Waals surface area (Å²) in [5, 5.41) is 26.7. The maximum atomic E-state index is 12.4. The molecule has 2 N–H and O–H groups in total. The number of phenolic OH excluding ortho intramolecular Hbond substituents is 1. The van der Waals surface area contributed by atoms with Crippen molar-refractivity contribution in [3.63, 3.8) is 0 Å². The summed E-state index contributed by atoms with van der Waals surface area (Å²) >= 11 is 0. The van der Waals surface area contributed by atoms with Crippen LogP contribution in [0.3, 0.4) is 0 Å². The number of hydrogen-bond acceptors (Lipinski definition) is 6. The summed E-state index contributed by atoms with van der Waals surface area (Å²) in [5.74, 6) is -0.133. The number of nitro groups is 1. The second kappa shape index (κ2) is 7.88. The van der Waals surface area contributed by atoms with Crippen molar-refractivity contribution in [3.05, 3.63) is 94.2 Å². The minimum Gasteiger partial charge on any atom is -0.507 e. The van der Waals surface area contributed by atoms with E-state index in [0.717, 1.165) is 10.8 Å². The van der Waals surface area contributed by atoms with E-state index in [0.29, 0.717) is 17.1 Å². The molecule has 0 aliphatic heterocycles. The molecule has 0 aliphatic rings. The van der Waals surface area contributed by atoms with Crippen molar-refractivity contribution in [2.75, 3.05) is 0 Å². The van der Waals surface area contributed by atoms with E-state index in [1.165, 1.54) is 18.3 Å². The number of carbonyl (C=O) groups is 1. The number of para-hydroxylation sites is 1. The molecule has 0 fully saturated rings. The molecule has 4 aromatic rings. The largest absolute Gasteiger partial charge is 0.507 e. The third-order valence-electron chi connectivity index (χ3n) is 4.46. The number of rotatable bonds is 5. The highest BCUT2D eigenvalue weighted by Gasteiger charge is 2.17. The summed E-state index contributed by atoms with van der Waals surface area (Å²) in [7, 11) is 0. The molecule has 0 radical (unpaired) electrons. The van der Waals surface area contributed by atoms with E-state index in [4.69, 9.17) is 4.42 Å². The van der Waals surface area contributed by atoms with Gasteiger partial charge in [0.1, 0.15) is 17.3 Å². The van der Waals surface area contributed by atoms with Gasteiger partial charge in [0.05, 0.1) is 22.3 Å². The lowest BCUT2D eigenvalue weighted by Crippen LogP contribution is -2.17. The molecule has 4 rings (SSSR count). The number of benzene rings is 3. The predicted molar refractivity (Wildman–Crippen MR) is 111 cm³/mol. The quantitative estimate of drug-likeness (QED) is 0.290. The molecule has 0 spiro atoms. The van der Waals surface area contributed by atoms with Crippen LogP contribution in [-0.2, 0) is 0 Å². The number of hydrazone groups is 1. The molecule has 1 amide bonds. The Hall–Kier alpha value is -4.46. The van der Waals surface area contributed by atoms with Gasteiger partial charge in [0.25, 0.3) is 11.6 Å². The van der Waals surface area contributed by atoms with Crippen LogP contribution in [0.2, 0.25) is 0 Å². The van der Waals surface area contributed by atoms with E-state index >= 15 is 0 Å². The van der Waals surface area contributed by atoms with E-state index in [1.807, 2.05) is 24.3 Å². The maximum Gasteiger partial charge on any atom is 0.280 e. The fourth-order valence-corrected chi connectivity index (χ4v) is 3.03. The number of phenols is 1. The highest BCUT2D eigenvalue weighted by Crippen LogP contribution is 2.30. The molecule has 8 heteroatoms. The van der Waals surface area contributed by atoms with Gasteiger partial charge >= 0.3 is 0 Å². The normalized spacial score (nSPS) is 11.1. The van der Waals surface area contributed by atoms with Gasteiger partial charge in [0, 0.05) is 6.07 Å². The van der Waals surface area contributed by atoms with E-state index in [9.17, 15) is 20.0 Å². The number of fused-ring (bicyclic) bond motifs is 1. The van der Waals surface area contributed by atoms with Crippen LogP contribution >= 0.6 is 0 Å². The molecule has 0 bridgehead atoms. The molecule has 0 unspecified atom stereocenters. The predicted octanol–water partition coefficient (Wildman–Crippen LogP) is 4.48. The van der Waals surface area contributed by atoms with Crippen LogP contribution in [0.25, 0.3) is 22.1 Å². The second-order valence-electron chi connectivity index (χ2n) is 6.39. The van der Waals surface area contributed by atoms with Crippen molar-refractivity contribution in [2.24, 2.45) is 5.10 Å². The molecule has 0 atom stereocenters. The number of hydrogen-bond donors (Lipinski definition) is 2. The van der Waals surface area contributed by atoms with Crippen molar-refractivity contribution in [1.29, 1.82) is 0 Å². The van der Waals surface area contributed by atoms with E-state index in [2.05, 4.69) is 10.5 Å². The monoisotopic (exact) mass is 401 g/mol. The molecule has 1 heterocycles. The van der Waals surface area contributed by atoms with Crippen molar-refractivity contribution in [1.82, 2.24) is 5.43 Å². The van der Waals surface area contributed by atoms with Gasteiger partial charge in [-0.05, 0) is 41.1 Å². The standard InChI is InChI=1S/C22H15N3O5/c26-20-12-15-6-2-1-5-14(15)11-18(20)22(27)24-23-13-16-9-10-21(30-16)17-7-3-4-8-19(17)25(28)29/h1-13,26H,(H,24,27). The number of amides is 1. The first-order valence-electron chi connectivity index (χ1n) is 8.92. The maximum absolute atomic E-state index is 12.4. The van der Waals surface area contributed by atoms with Gasteiger partial charge in [0.2, 0.25) is 0 Å². The molecule has 30 heavy (non-hydrogen) atoms. The Balaban J connectivity index is 1.50. The number of carbonyl (C=O) groups excluding carboxylic acids is 1. The molecular weight excluding hydrogens is 386 g/mol. The minimum absolute atomic E-state index is 0.0737. The summed E-state index contributed by atoms with van der Waals surface area (Å²) < 4.78 is 5.58. The lowest BCUT2D eigenvalue weighted by atomic mass is 10.1. The molecular formula is C22H15N3O5. The SMILES string of the molecule is O=C(NN=Cc1ccc(-c2ccccc2[N+](=O)[O-])o1)c1cc2ccccc2cc1O. The summed E-state index contributed by atoms with van der Waals surface area (Å²) in [5.41, 5.74) is 2.69. The van der Waals surface area contributed by atoms with Crippen LogP contribution in [0.4, 0.5) is 5.69 Å². The Morgan fingerprint density at radius 3 is 2.50 bits per heavy atom. The van der Waals surface area contributed by atoms with Crippen LogP contribution in [0, 0.1) is 10.1 Å². The van der Waals surface area contributed by atoms with Crippen LogP contribution in [0.15, 0.2) is 82.3 Å². The molecule has 8 nitrogen and oxygen atoms in total. The summed E-state index contributed by atoms with van der Waals surface area (Å²) in [6, 6.07) is 19.8. The summed E-state index contributed by atoms with van der Waals surface area (Å²) in [6.07, 6.45) is 1.27. The number of aromatic hydroxyl groups is 1. The second-order valence-corrected chi connectivity index (χ2v) is 6.39. The Bertz CT molecular complexity index is 1290. The third kappa shape index (κ3) is 3.74.